The summed E-state index contributed by atoms with van der Waals surface area (Å²) in [5, 5.41) is 10.6. The summed E-state index contributed by atoms with van der Waals surface area (Å²) in [6.45, 7) is 0. The van der Waals surface area contributed by atoms with E-state index >= 15 is 0 Å². The van der Waals surface area contributed by atoms with Crippen molar-refractivity contribution >= 4 is 15.7 Å². The van der Waals surface area contributed by atoms with E-state index in [-0.39, 0.29) is 5.69 Å². The van der Waals surface area contributed by atoms with Gasteiger partial charge in [-0.05, 0) is 40.8 Å². The zero-order valence-electron chi connectivity index (χ0n) is 12.3. The summed E-state index contributed by atoms with van der Waals surface area (Å²) in [4.78, 5) is -0.506. The lowest BCUT2D eigenvalue weighted by Gasteiger charge is -2.13. The van der Waals surface area contributed by atoms with Crippen LogP contribution in [0.1, 0.15) is 5.56 Å². The third-order valence-corrected chi connectivity index (χ3v) is 4.58. The summed E-state index contributed by atoms with van der Waals surface area (Å²) in [5.41, 5.74) is -0.612. The summed E-state index contributed by atoms with van der Waals surface area (Å²) >= 11 is 0. The number of para-hydroxylation sites is 2. The van der Waals surface area contributed by atoms with Crippen LogP contribution in [0.4, 0.5) is 18.9 Å². The molecule has 0 unspecified atom stereocenters. The molecule has 0 aliphatic heterocycles. The van der Waals surface area contributed by atoms with Gasteiger partial charge in [-0.3, -0.25) is 4.72 Å². The molecule has 2 aromatic carbocycles. The Morgan fingerprint density at radius 1 is 1.04 bits per heavy atom. The first-order valence-electron chi connectivity index (χ1n) is 6.80. The zero-order valence-corrected chi connectivity index (χ0v) is 13.2. The minimum Gasteiger partial charge on any atom is -0.277 e. The van der Waals surface area contributed by atoms with Gasteiger partial charge in [-0.2, -0.15) is 17.9 Å². The molecule has 25 heavy (non-hydrogen) atoms. The molecule has 3 rings (SSSR count). The Labute approximate surface area is 140 Å². The minimum absolute atomic E-state index is 0.118. The lowest BCUT2D eigenvalue weighted by molar-refractivity contribution is -0.137. The molecule has 0 saturated carbocycles. The Bertz CT molecular complexity index is 988. The Balaban J connectivity index is 1.99. The second-order valence-corrected chi connectivity index (χ2v) is 6.59. The van der Waals surface area contributed by atoms with Gasteiger partial charge in [-0.25, -0.2) is 8.42 Å². The van der Waals surface area contributed by atoms with Crippen LogP contribution in [0.5, 0.6) is 0 Å². The van der Waals surface area contributed by atoms with E-state index in [2.05, 4.69) is 20.2 Å². The van der Waals surface area contributed by atoms with Crippen molar-refractivity contribution in [1.82, 2.24) is 20.2 Å². The molecule has 0 saturated heterocycles. The molecule has 0 spiro atoms. The van der Waals surface area contributed by atoms with Crippen LogP contribution >= 0.6 is 0 Å². The summed E-state index contributed by atoms with van der Waals surface area (Å²) in [6.07, 6.45) is -3.38. The summed E-state index contributed by atoms with van der Waals surface area (Å²) < 4.78 is 66.8. The van der Waals surface area contributed by atoms with Gasteiger partial charge in [0.25, 0.3) is 10.0 Å². The van der Waals surface area contributed by atoms with Crippen LogP contribution < -0.4 is 4.72 Å². The van der Waals surface area contributed by atoms with Crippen molar-refractivity contribution in [2.75, 3.05) is 4.72 Å². The van der Waals surface area contributed by atoms with E-state index < -0.39 is 26.7 Å². The highest BCUT2D eigenvalue weighted by molar-refractivity contribution is 7.92. The van der Waals surface area contributed by atoms with Crippen LogP contribution in [0.3, 0.4) is 0 Å². The van der Waals surface area contributed by atoms with Crippen molar-refractivity contribution in [3.05, 3.63) is 60.4 Å². The standard InChI is InChI=1S/C14H10F3N5O2S/c15-14(16,17)10-4-3-5-11(8-10)25(23,24)19-12-6-1-2-7-13(12)22-9-18-20-21-22/h1-9,19H. The van der Waals surface area contributed by atoms with Gasteiger partial charge >= 0.3 is 6.18 Å². The topological polar surface area (TPSA) is 89.8 Å². The molecule has 130 valence electrons. The van der Waals surface area contributed by atoms with Crippen molar-refractivity contribution in [1.29, 1.82) is 0 Å². The van der Waals surface area contributed by atoms with E-state index in [0.29, 0.717) is 11.8 Å². The number of anilines is 1. The molecule has 0 aliphatic rings. The molecule has 3 aromatic rings. The Morgan fingerprint density at radius 2 is 1.80 bits per heavy atom. The molecule has 0 radical (unpaired) electrons. The monoisotopic (exact) mass is 369 g/mol. The van der Waals surface area contributed by atoms with Crippen LogP contribution in [0.15, 0.2) is 59.8 Å². The number of sulfonamides is 1. The average molecular weight is 369 g/mol. The first kappa shape index (κ1) is 16.9. The molecule has 7 nitrogen and oxygen atoms in total. The quantitative estimate of drug-likeness (QED) is 0.763. The fourth-order valence-corrected chi connectivity index (χ4v) is 3.19. The summed E-state index contributed by atoms with van der Waals surface area (Å²) in [6, 6.07) is 9.69. The Morgan fingerprint density at radius 3 is 2.48 bits per heavy atom. The zero-order chi connectivity index (χ0) is 18.1. The van der Waals surface area contributed by atoms with Crippen LogP contribution in [-0.4, -0.2) is 28.6 Å². The number of nitrogens with one attached hydrogen (secondary N) is 1. The number of tetrazole rings is 1. The lowest BCUT2D eigenvalue weighted by atomic mass is 10.2. The van der Waals surface area contributed by atoms with Crippen molar-refractivity contribution in [2.24, 2.45) is 0 Å². The molecule has 0 aliphatic carbocycles. The van der Waals surface area contributed by atoms with Crippen LogP contribution in [0, 0.1) is 0 Å². The van der Waals surface area contributed by atoms with Gasteiger partial charge in [0.05, 0.1) is 21.8 Å². The van der Waals surface area contributed by atoms with Gasteiger partial charge in [0.2, 0.25) is 0 Å². The molecule has 1 heterocycles. The van der Waals surface area contributed by atoms with E-state index in [1.807, 2.05) is 0 Å². The molecule has 0 bridgehead atoms. The van der Waals surface area contributed by atoms with E-state index in [1.165, 1.54) is 17.1 Å². The van der Waals surface area contributed by atoms with Crippen LogP contribution in [0.2, 0.25) is 0 Å². The van der Waals surface area contributed by atoms with Crippen LogP contribution in [0.25, 0.3) is 5.69 Å². The molecule has 11 heteroatoms. The highest BCUT2D eigenvalue weighted by Gasteiger charge is 2.31. The number of benzene rings is 2. The van der Waals surface area contributed by atoms with E-state index in [0.717, 1.165) is 18.2 Å². The normalized spacial score (nSPS) is 12.1. The number of aromatic nitrogens is 4. The Kier molecular flexibility index (Phi) is 4.17. The van der Waals surface area contributed by atoms with Gasteiger partial charge < -0.3 is 0 Å². The van der Waals surface area contributed by atoms with Gasteiger partial charge in [-0.15, -0.1) is 5.10 Å². The second kappa shape index (κ2) is 6.16. The van der Waals surface area contributed by atoms with Crippen LogP contribution in [-0.2, 0) is 16.2 Å². The number of alkyl halides is 3. The minimum atomic E-state index is -4.64. The summed E-state index contributed by atoms with van der Waals surface area (Å²) in [5.74, 6) is 0. The maximum atomic E-state index is 12.8. The molecule has 1 N–H and O–H groups in total. The molecule has 0 amide bonds. The number of rotatable bonds is 4. The number of hydrogen-bond acceptors (Lipinski definition) is 5. The maximum Gasteiger partial charge on any atom is 0.416 e. The van der Waals surface area contributed by atoms with Crippen molar-refractivity contribution < 1.29 is 21.6 Å². The van der Waals surface area contributed by atoms with Crippen molar-refractivity contribution in [3.63, 3.8) is 0 Å². The van der Waals surface area contributed by atoms with Gasteiger partial charge in [0.15, 0.2) is 0 Å². The maximum absolute atomic E-state index is 12.8. The van der Waals surface area contributed by atoms with Crippen molar-refractivity contribution in [2.45, 2.75) is 11.1 Å². The molecule has 0 atom stereocenters. The highest BCUT2D eigenvalue weighted by atomic mass is 32.2. The molecular formula is C14H10F3N5O2S. The fourth-order valence-electron chi connectivity index (χ4n) is 2.07. The SMILES string of the molecule is O=S(=O)(Nc1ccccc1-n1cnnn1)c1cccc(C(F)(F)F)c1. The number of hydrogen-bond donors (Lipinski definition) is 1. The molecule has 1 aromatic heterocycles. The van der Waals surface area contributed by atoms with Gasteiger partial charge in [-0.1, -0.05) is 18.2 Å². The lowest BCUT2D eigenvalue weighted by Crippen LogP contribution is -2.16. The van der Waals surface area contributed by atoms with E-state index in [4.69, 9.17) is 0 Å². The molecule has 0 fully saturated rings. The first-order chi connectivity index (χ1) is 11.8. The third kappa shape index (κ3) is 3.60. The van der Waals surface area contributed by atoms with E-state index in [1.54, 1.807) is 18.2 Å². The predicted octanol–water partition coefficient (Wildman–Crippen LogP) is 2.48. The van der Waals surface area contributed by atoms with Gasteiger partial charge in [0.1, 0.15) is 6.33 Å². The van der Waals surface area contributed by atoms with Crippen molar-refractivity contribution in [3.8, 4) is 5.69 Å². The second-order valence-electron chi connectivity index (χ2n) is 4.90. The first-order valence-corrected chi connectivity index (χ1v) is 8.28. The Hall–Kier alpha value is -2.95. The predicted molar refractivity (Wildman–Crippen MR) is 81.4 cm³/mol. The highest BCUT2D eigenvalue weighted by Crippen LogP contribution is 2.31. The number of halogens is 3. The smallest absolute Gasteiger partial charge is 0.277 e. The largest absolute Gasteiger partial charge is 0.416 e. The van der Waals surface area contributed by atoms with E-state index in [9.17, 15) is 21.6 Å². The summed E-state index contributed by atoms with van der Waals surface area (Å²) in [7, 11) is -4.24. The average Bonchev–Trinajstić information content (AvgIpc) is 3.09. The third-order valence-electron chi connectivity index (χ3n) is 3.22. The fraction of sp³-hybridized carbons (Fsp3) is 0.0714. The van der Waals surface area contributed by atoms with Gasteiger partial charge in [0, 0.05) is 0 Å². The molecular weight excluding hydrogens is 359 g/mol. The number of nitrogens with zero attached hydrogens (tertiary/aromatic N) is 4.